The average molecular weight is 470 g/mol. The number of hydrogen-bond donors (Lipinski definition) is 2. The third kappa shape index (κ3) is 5.00. The number of amides is 4. The third-order valence-electron chi connectivity index (χ3n) is 5.96. The van der Waals surface area contributed by atoms with Crippen LogP contribution < -0.4 is 10.6 Å². The molecule has 4 amide bonds. The molecule has 0 spiro atoms. The molecule has 0 bridgehead atoms. The van der Waals surface area contributed by atoms with E-state index in [0.29, 0.717) is 0 Å². The minimum Gasteiger partial charge on any atom is -0.417 e. The first-order chi connectivity index (χ1) is 15.9. The highest BCUT2D eigenvalue weighted by atomic mass is 16.4. The van der Waals surface area contributed by atoms with Gasteiger partial charge in [-0.05, 0) is 31.2 Å². The molecule has 0 unspecified atom stereocenters. The van der Waals surface area contributed by atoms with Crippen LogP contribution in [0.15, 0.2) is 34.7 Å². The number of benzene rings is 1. The van der Waals surface area contributed by atoms with Gasteiger partial charge < -0.3 is 15.1 Å². The Morgan fingerprint density at radius 3 is 2.32 bits per heavy atom. The molecule has 0 saturated carbocycles. The van der Waals surface area contributed by atoms with Crippen molar-refractivity contribution in [3.05, 3.63) is 47.7 Å². The molecule has 10 nitrogen and oxygen atoms in total. The molecule has 1 aromatic heterocycles. The number of carbonyl (C=O) groups is 4. The van der Waals surface area contributed by atoms with Crippen molar-refractivity contribution in [2.45, 2.75) is 59.0 Å². The van der Waals surface area contributed by atoms with Crippen LogP contribution in [-0.2, 0) is 15.0 Å². The minimum absolute atomic E-state index is 0.110. The highest BCUT2D eigenvalue weighted by Gasteiger charge is 2.41. The monoisotopic (exact) mass is 469 g/mol. The lowest BCUT2D eigenvalue weighted by atomic mass is 9.85. The molecule has 1 aromatic carbocycles. The normalized spacial score (nSPS) is 17.3. The van der Waals surface area contributed by atoms with E-state index in [2.05, 4.69) is 20.8 Å². The SMILES string of the molecule is CC(C)[C@H](NC(=O)CN1C(=O)N[C@H](C(C)C)C1=O)C(=O)c1nnc(C(C)(C)c2ccccc2)o1. The van der Waals surface area contributed by atoms with E-state index in [1.54, 1.807) is 27.7 Å². The molecule has 34 heavy (non-hydrogen) atoms. The highest BCUT2D eigenvalue weighted by molar-refractivity contribution is 6.07. The van der Waals surface area contributed by atoms with Gasteiger partial charge in [0, 0.05) is 0 Å². The van der Waals surface area contributed by atoms with Crippen molar-refractivity contribution in [1.29, 1.82) is 0 Å². The zero-order valence-electron chi connectivity index (χ0n) is 20.3. The number of nitrogens with zero attached hydrogens (tertiary/aromatic N) is 3. The van der Waals surface area contributed by atoms with Gasteiger partial charge in [-0.1, -0.05) is 58.0 Å². The first-order valence-corrected chi connectivity index (χ1v) is 11.3. The van der Waals surface area contributed by atoms with Gasteiger partial charge in [0.15, 0.2) is 0 Å². The van der Waals surface area contributed by atoms with Gasteiger partial charge in [-0.25, -0.2) is 4.79 Å². The van der Waals surface area contributed by atoms with Crippen LogP contribution in [0.25, 0.3) is 0 Å². The second-order valence-corrected chi connectivity index (χ2v) is 9.65. The summed E-state index contributed by atoms with van der Waals surface area (Å²) in [6.07, 6.45) is 0. The van der Waals surface area contributed by atoms with Crippen molar-refractivity contribution in [3.8, 4) is 0 Å². The van der Waals surface area contributed by atoms with Crippen LogP contribution in [0.4, 0.5) is 4.79 Å². The van der Waals surface area contributed by atoms with Crippen LogP contribution >= 0.6 is 0 Å². The van der Waals surface area contributed by atoms with E-state index in [-0.39, 0.29) is 23.6 Å². The molecule has 2 heterocycles. The van der Waals surface area contributed by atoms with Crippen LogP contribution in [0, 0.1) is 11.8 Å². The van der Waals surface area contributed by atoms with Gasteiger partial charge >= 0.3 is 6.03 Å². The van der Waals surface area contributed by atoms with Gasteiger partial charge in [0.05, 0.1) is 11.5 Å². The largest absolute Gasteiger partial charge is 0.417 e. The Morgan fingerprint density at radius 2 is 1.76 bits per heavy atom. The van der Waals surface area contributed by atoms with Crippen LogP contribution in [0.1, 0.15) is 63.7 Å². The quantitative estimate of drug-likeness (QED) is 0.425. The summed E-state index contributed by atoms with van der Waals surface area (Å²) in [5.74, 6) is -2.00. The predicted octanol–water partition coefficient (Wildman–Crippen LogP) is 2.30. The van der Waals surface area contributed by atoms with Gasteiger partial charge in [-0.3, -0.25) is 19.3 Å². The third-order valence-corrected chi connectivity index (χ3v) is 5.96. The highest BCUT2D eigenvalue weighted by Crippen LogP contribution is 2.30. The zero-order valence-corrected chi connectivity index (χ0v) is 20.3. The summed E-state index contributed by atoms with van der Waals surface area (Å²) in [4.78, 5) is 51.2. The Labute approximate surface area is 198 Å². The Balaban J connectivity index is 1.72. The number of imide groups is 1. The number of urea groups is 1. The van der Waals surface area contributed by atoms with Gasteiger partial charge in [0.25, 0.3) is 11.8 Å². The van der Waals surface area contributed by atoms with Crippen molar-refractivity contribution in [1.82, 2.24) is 25.7 Å². The summed E-state index contributed by atoms with van der Waals surface area (Å²) in [6.45, 7) is 10.5. The lowest BCUT2D eigenvalue weighted by Crippen LogP contribution is -2.49. The predicted molar refractivity (Wildman–Crippen MR) is 123 cm³/mol. The van der Waals surface area contributed by atoms with Crippen molar-refractivity contribution >= 4 is 23.6 Å². The van der Waals surface area contributed by atoms with Crippen molar-refractivity contribution in [2.24, 2.45) is 11.8 Å². The molecule has 1 saturated heterocycles. The summed E-state index contributed by atoms with van der Waals surface area (Å²) in [5.41, 5.74) is 0.319. The Morgan fingerprint density at radius 1 is 1.12 bits per heavy atom. The molecule has 1 aliphatic rings. The van der Waals surface area contributed by atoms with Crippen LogP contribution in [0.2, 0.25) is 0 Å². The zero-order chi connectivity index (χ0) is 25.2. The lowest BCUT2D eigenvalue weighted by molar-refractivity contribution is -0.133. The van der Waals surface area contributed by atoms with E-state index in [1.807, 2.05) is 44.2 Å². The van der Waals surface area contributed by atoms with Crippen molar-refractivity contribution < 1.29 is 23.6 Å². The summed E-state index contributed by atoms with van der Waals surface area (Å²) < 4.78 is 5.73. The number of carbonyl (C=O) groups excluding carboxylic acids is 4. The van der Waals surface area contributed by atoms with E-state index in [0.717, 1.165) is 10.5 Å². The van der Waals surface area contributed by atoms with E-state index < -0.39 is 47.7 Å². The summed E-state index contributed by atoms with van der Waals surface area (Å²) in [6, 6.07) is 7.30. The van der Waals surface area contributed by atoms with Crippen molar-refractivity contribution in [3.63, 3.8) is 0 Å². The van der Waals surface area contributed by atoms with Crippen LogP contribution in [-0.4, -0.2) is 57.4 Å². The second-order valence-electron chi connectivity index (χ2n) is 9.65. The molecule has 10 heteroatoms. The second kappa shape index (κ2) is 9.74. The molecular formula is C24H31N5O5. The molecule has 0 radical (unpaired) electrons. The maximum absolute atomic E-state index is 13.1. The standard InChI is InChI=1S/C24H31N5O5/c1-13(2)17(25-16(30)12-29-21(32)18(14(3)4)26-23(29)33)19(31)20-27-28-22(34-20)24(5,6)15-10-8-7-9-11-15/h7-11,13-14,17-18H,12H2,1-6H3,(H,25,30)(H,26,33)/t17-,18+/m0/s1. The smallest absolute Gasteiger partial charge is 0.325 e. The summed E-state index contributed by atoms with van der Waals surface area (Å²) in [7, 11) is 0. The Kier molecular flexibility index (Phi) is 7.18. The number of hydrogen-bond acceptors (Lipinski definition) is 7. The Hall–Kier alpha value is -3.56. The van der Waals surface area contributed by atoms with Gasteiger partial charge in [-0.2, -0.15) is 0 Å². The fourth-order valence-corrected chi connectivity index (χ4v) is 3.73. The van der Waals surface area contributed by atoms with Gasteiger partial charge in [0.2, 0.25) is 17.6 Å². The van der Waals surface area contributed by atoms with Crippen molar-refractivity contribution in [2.75, 3.05) is 6.54 Å². The van der Waals surface area contributed by atoms with Gasteiger partial charge in [-0.15, -0.1) is 10.2 Å². The first-order valence-electron chi connectivity index (χ1n) is 11.3. The molecule has 2 aromatic rings. The Bertz CT molecular complexity index is 1080. The van der Waals surface area contributed by atoms with Crippen LogP contribution in [0.3, 0.4) is 0 Å². The molecular weight excluding hydrogens is 438 g/mol. The first kappa shape index (κ1) is 25.1. The number of aromatic nitrogens is 2. The van der Waals surface area contributed by atoms with Crippen LogP contribution in [0.5, 0.6) is 0 Å². The minimum atomic E-state index is -0.970. The van der Waals surface area contributed by atoms with Gasteiger partial charge in [0.1, 0.15) is 12.6 Å². The summed E-state index contributed by atoms with van der Waals surface area (Å²) in [5, 5.41) is 13.2. The fraction of sp³-hybridized carbons (Fsp3) is 0.500. The van der Waals surface area contributed by atoms with E-state index in [1.165, 1.54) is 0 Å². The number of ketones is 1. The van der Waals surface area contributed by atoms with E-state index >= 15 is 0 Å². The lowest BCUT2D eigenvalue weighted by Gasteiger charge is -2.22. The number of rotatable bonds is 9. The molecule has 2 atom stereocenters. The van der Waals surface area contributed by atoms with E-state index in [9.17, 15) is 19.2 Å². The molecule has 3 rings (SSSR count). The fourth-order valence-electron chi connectivity index (χ4n) is 3.73. The molecule has 2 N–H and O–H groups in total. The molecule has 1 aliphatic heterocycles. The molecule has 182 valence electrons. The molecule has 0 aliphatic carbocycles. The maximum atomic E-state index is 13.1. The topological polar surface area (TPSA) is 134 Å². The van der Waals surface area contributed by atoms with E-state index in [4.69, 9.17) is 4.42 Å². The summed E-state index contributed by atoms with van der Waals surface area (Å²) >= 11 is 0. The number of nitrogens with one attached hydrogen (secondary N) is 2. The molecule has 1 fully saturated rings. The number of Topliss-reactive ketones (excluding diaryl/α,β-unsaturated/α-hetero) is 1. The average Bonchev–Trinajstić information content (AvgIpc) is 3.39. The maximum Gasteiger partial charge on any atom is 0.325 e.